The molecule has 2 saturated heterocycles. The molecule has 1 unspecified atom stereocenters. The SMILES string of the molecule is N=C(N)N1CCC(CNC(=O)C2CCCN2C(=O)CC2c3ccccc3C=Cc3ccccc32)CC1. The average molecular weight is 486 g/mol. The average Bonchev–Trinajstić information content (AvgIpc) is 3.34. The molecule has 4 N–H and O–H groups in total. The van der Waals surface area contributed by atoms with Gasteiger partial charge in [0.05, 0.1) is 0 Å². The number of nitrogens with zero attached hydrogens (tertiary/aromatic N) is 2. The molecule has 36 heavy (non-hydrogen) atoms. The second kappa shape index (κ2) is 10.6. The Morgan fingerprint density at radius 2 is 1.53 bits per heavy atom. The number of nitrogens with one attached hydrogen (secondary N) is 2. The van der Waals surface area contributed by atoms with Crippen LogP contribution >= 0.6 is 0 Å². The van der Waals surface area contributed by atoms with Gasteiger partial charge in [0.15, 0.2) is 5.96 Å². The molecular formula is C29H35N5O2. The lowest BCUT2D eigenvalue weighted by atomic mass is 9.85. The second-order valence-corrected chi connectivity index (χ2v) is 10.2. The zero-order valence-corrected chi connectivity index (χ0v) is 20.7. The largest absolute Gasteiger partial charge is 0.370 e. The normalized spacial score (nSPS) is 19.9. The van der Waals surface area contributed by atoms with Crippen LogP contribution in [-0.4, -0.2) is 59.8 Å². The molecule has 3 aliphatic rings. The first-order chi connectivity index (χ1) is 17.5. The highest BCUT2D eigenvalue weighted by Crippen LogP contribution is 2.37. The minimum atomic E-state index is -0.399. The van der Waals surface area contributed by atoms with Crippen molar-refractivity contribution in [3.8, 4) is 0 Å². The van der Waals surface area contributed by atoms with Crippen LogP contribution in [0.5, 0.6) is 0 Å². The van der Waals surface area contributed by atoms with Gasteiger partial charge in [-0.1, -0.05) is 60.7 Å². The third-order valence-corrected chi connectivity index (χ3v) is 7.96. The molecule has 2 fully saturated rings. The Bertz CT molecular complexity index is 1120. The van der Waals surface area contributed by atoms with Crippen molar-refractivity contribution < 1.29 is 9.59 Å². The van der Waals surface area contributed by atoms with Crippen LogP contribution in [-0.2, 0) is 9.59 Å². The molecular weight excluding hydrogens is 450 g/mol. The number of benzene rings is 2. The summed E-state index contributed by atoms with van der Waals surface area (Å²) in [5.41, 5.74) is 10.2. The molecule has 2 aliphatic heterocycles. The van der Waals surface area contributed by atoms with Crippen LogP contribution in [0.2, 0.25) is 0 Å². The van der Waals surface area contributed by atoms with E-state index in [2.05, 4.69) is 41.7 Å². The minimum absolute atomic E-state index is 0.0407. The van der Waals surface area contributed by atoms with Crippen LogP contribution in [0.1, 0.15) is 60.3 Å². The number of piperidine rings is 1. The summed E-state index contributed by atoms with van der Waals surface area (Å²) in [5.74, 6) is 0.446. The molecule has 5 rings (SSSR count). The van der Waals surface area contributed by atoms with E-state index in [0.29, 0.717) is 31.8 Å². The van der Waals surface area contributed by atoms with Gasteiger partial charge in [-0.2, -0.15) is 0 Å². The van der Waals surface area contributed by atoms with Crippen molar-refractivity contribution in [3.63, 3.8) is 0 Å². The van der Waals surface area contributed by atoms with Gasteiger partial charge in [0.2, 0.25) is 11.8 Å². The molecule has 0 saturated carbocycles. The Morgan fingerprint density at radius 3 is 2.14 bits per heavy atom. The minimum Gasteiger partial charge on any atom is -0.370 e. The number of carbonyl (C=O) groups is 2. The van der Waals surface area contributed by atoms with Crippen molar-refractivity contribution in [1.29, 1.82) is 5.41 Å². The van der Waals surface area contributed by atoms with Crippen LogP contribution in [0.3, 0.4) is 0 Å². The van der Waals surface area contributed by atoms with Crippen LogP contribution in [0.25, 0.3) is 12.2 Å². The lowest BCUT2D eigenvalue weighted by Crippen LogP contribution is -2.48. The number of carbonyl (C=O) groups excluding carboxylic acids is 2. The monoisotopic (exact) mass is 485 g/mol. The molecule has 1 atom stereocenters. The predicted octanol–water partition coefficient (Wildman–Crippen LogP) is 3.41. The van der Waals surface area contributed by atoms with Crippen LogP contribution in [0.4, 0.5) is 0 Å². The lowest BCUT2D eigenvalue weighted by molar-refractivity contribution is -0.138. The molecule has 2 aromatic carbocycles. The van der Waals surface area contributed by atoms with Crippen molar-refractivity contribution in [2.24, 2.45) is 11.7 Å². The Labute approximate surface area is 212 Å². The first kappa shape index (κ1) is 24.1. The van der Waals surface area contributed by atoms with Crippen LogP contribution < -0.4 is 11.1 Å². The Hall–Kier alpha value is -3.61. The number of hydrogen-bond acceptors (Lipinski definition) is 3. The number of rotatable bonds is 5. The molecule has 0 spiro atoms. The van der Waals surface area contributed by atoms with E-state index in [-0.39, 0.29) is 23.7 Å². The van der Waals surface area contributed by atoms with E-state index >= 15 is 0 Å². The van der Waals surface area contributed by atoms with Crippen molar-refractivity contribution in [1.82, 2.24) is 15.1 Å². The van der Waals surface area contributed by atoms with Crippen molar-refractivity contribution >= 4 is 29.9 Å². The van der Waals surface area contributed by atoms with Gasteiger partial charge < -0.3 is 20.9 Å². The van der Waals surface area contributed by atoms with Gasteiger partial charge in [0, 0.05) is 38.5 Å². The van der Waals surface area contributed by atoms with Crippen molar-refractivity contribution in [2.75, 3.05) is 26.2 Å². The maximum atomic E-state index is 13.7. The first-order valence-corrected chi connectivity index (χ1v) is 13.0. The molecule has 7 nitrogen and oxygen atoms in total. The number of likely N-dealkylation sites (tertiary alicyclic amines) is 2. The Kier molecular flexibility index (Phi) is 7.07. The van der Waals surface area contributed by atoms with Gasteiger partial charge in [-0.15, -0.1) is 0 Å². The van der Waals surface area contributed by atoms with E-state index in [9.17, 15) is 9.59 Å². The molecule has 0 aromatic heterocycles. The smallest absolute Gasteiger partial charge is 0.242 e. The Balaban J connectivity index is 1.25. The number of fused-ring (bicyclic) bond motifs is 2. The summed E-state index contributed by atoms with van der Waals surface area (Å²) in [6.07, 6.45) is 7.98. The first-order valence-electron chi connectivity index (χ1n) is 13.0. The maximum Gasteiger partial charge on any atom is 0.242 e. The van der Waals surface area contributed by atoms with Gasteiger partial charge in [-0.25, -0.2) is 0 Å². The fourth-order valence-corrected chi connectivity index (χ4v) is 5.90. The highest BCUT2D eigenvalue weighted by molar-refractivity contribution is 5.89. The summed E-state index contributed by atoms with van der Waals surface area (Å²) in [5, 5.41) is 10.7. The molecule has 0 bridgehead atoms. The van der Waals surface area contributed by atoms with Crippen molar-refractivity contribution in [3.05, 3.63) is 70.8 Å². The van der Waals surface area contributed by atoms with E-state index in [1.807, 2.05) is 29.2 Å². The fraction of sp³-hybridized carbons (Fsp3) is 0.414. The van der Waals surface area contributed by atoms with Gasteiger partial charge in [-0.05, 0) is 53.9 Å². The van der Waals surface area contributed by atoms with E-state index in [1.54, 1.807) is 4.90 Å². The van der Waals surface area contributed by atoms with E-state index in [1.165, 1.54) is 0 Å². The van der Waals surface area contributed by atoms with E-state index in [4.69, 9.17) is 11.1 Å². The number of guanidine groups is 1. The number of hydrogen-bond donors (Lipinski definition) is 3. The van der Waals surface area contributed by atoms with Gasteiger partial charge in [-0.3, -0.25) is 15.0 Å². The third-order valence-electron chi connectivity index (χ3n) is 7.96. The van der Waals surface area contributed by atoms with Crippen LogP contribution in [0.15, 0.2) is 48.5 Å². The third kappa shape index (κ3) is 5.01. The summed E-state index contributed by atoms with van der Waals surface area (Å²) < 4.78 is 0. The molecule has 2 aromatic rings. The lowest BCUT2D eigenvalue weighted by Gasteiger charge is -2.32. The predicted molar refractivity (Wildman–Crippen MR) is 142 cm³/mol. The zero-order valence-electron chi connectivity index (χ0n) is 20.7. The summed E-state index contributed by atoms with van der Waals surface area (Å²) in [4.78, 5) is 30.5. The molecule has 0 radical (unpaired) electrons. The zero-order chi connectivity index (χ0) is 25.1. The molecule has 7 heteroatoms. The van der Waals surface area contributed by atoms with E-state index in [0.717, 1.165) is 54.6 Å². The molecule has 2 amide bonds. The maximum absolute atomic E-state index is 13.7. The van der Waals surface area contributed by atoms with Gasteiger partial charge in [0.1, 0.15) is 6.04 Å². The summed E-state index contributed by atoms with van der Waals surface area (Å²) in [7, 11) is 0. The van der Waals surface area contributed by atoms with E-state index < -0.39 is 6.04 Å². The standard InChI is InChI=1S/C29H35N5O2/c30-29(31)33-16-13-20(14-17-33)19-32-28(36)26-10-5-15-34(26)27(35)18-25-23-8-3-1-6-21(23)11-12-22-7-2-4-9-24(22)25/h1-4,6-9,11-12,20,25-26H,5,10,13-19H2,(H3,30,31)(H,32,36). The number of nitrogens with two attached hydrogens (primary N) is 1. The summed E-state index contributed by atoms with van der Waals surface area (Å²) in [6, 6.07) is 16.2. The van der Waals surface area contributed by atoms with Gasteiger partial charge in [0.25, 0.3) is 0 Å². The molecule has 188 valence electrons. The molecule has 1 aliphatic carbocycles. The van der Waals surface area contributed by atoms with Crippen LogP contribution in [0, 0.1) is 11.3 Å². The number of amides is 2. The topological polar surface area (TPSA) is 103 Å². The van der Waals surface area contributed by atoms with Gasteiger partial charge >= 0.3 is 0 Å². The molecule has 2 heterocycles. The fourth-order valence-electron chi connectivity index (χ4n) is 5.90. The van der Waals surface area contributed by atoms with Crippen molar-refractivity contribution in [2.45, 2.75) is 44.1 Å². The Morgan fingerprint density at radius 1 is 0.917 bits per heavy atom. The summed E-state index contributed by atoms with van der Waals surface area (Å²) >= 11 is 0. The second-order valence-electron chi connectivity index (χ2n) is 10.2. The quantitative estimate of drug-likeness (QED) is 0.446. The highest BCUT2D eigenvalue weighted by Gasteiger charge is 2.36. The summed E-state index contributed by atoms with van der Waals surface area (Å²) in [6.45, 7) is 2.74. The highest BCUT2D eigenvalue weighted by atomic mass is 16.2.